The van der Waals surface area contributed by atoms with Crippen molar-refractivity contribution >= 4 is 34.8 Å². The number of carbonyl (C=O) groups excluding carboxylic acids is 3. The van der Waals surface area contributed by atoms with E-state index < -0.39 is 58.0 Å². The number of fused-ring (bicyclic) bond motifs is 3. The number of hydrogen-bond acceptors (Lipinski definition) is 10. The number of nitrogens with two attached hydrogens (primary N) is 1. The molecule has 11 nitrogen and oxygen atoms in total. The van der Waals surface area contributed by atoms with Gasteiger partial charge in [-0.15, -0.1) is 0 Å². The Morgan fingerprint density at radius 3 is 2.39 bits per heavy atom. The van der Waals surface area contributed by atoms with Crippen LogP contribution in [0.4, 0.5) is 0 Å². The van der Waals surface area contributed by atoms with Gasteiger partial charge in [-0.1, -0.05) is 35.9 Å². The number of nitrogens with zero attached hydrogens (tertiary/aromatic N) is 1. The van der Waals surface area contributed by atoms with Crippen molar-refractivity contribution in [3.05, 3.63) is 98.8 Å². The number of aromatic hydroxyl groups is 1. The zero-order valence-electron chi connectivity index (χ0n) is 27.3. The zero-order chi connectivity index (χ0) is 35.4. The van der Waals surface area contributed by atoms with E-state index in [4.69, 9.17) is 22.1 Å². The van der Waals surface area contributed by atoms with E-state index in [1.54, 1.807) is 27.3 Å². The Bertz CT molecular complexity index is 1940. The van der Waals surface area contributed by atoms with Crippen molar-refractivity contribution in [3.8, 4) is 22.6 Å². The fourth-order valence-corrected chi connectivity index (χ4v) is 7.81. The largest absolute Gasteiger partial charge is 0.508 e. The number of carbonyl (C=O) groups is 3. The van der Waals surface area contributed by atoms with Crippen LogP contribution in [0.5, 0.6) is 11.5 Å². The minimum absolute atomic E-state index is 0.00439. The van der Waals surface area contributed by atoms with Gasteiger partial charge in [0.15, 0.2) is 11.4 Å². The number of benzene rings is 3. The monoisotopic (exact) mass is 687 g/mol. The Labute approximate surface area is 288 Å². The van der Waals surface area contributed by atoms with Crippen LogP contribution in [-0.4, -0.2) is 82.2 Å². The highest BCUT2D eigenvalue weighted by Gasteiger charge is 2.64. The van der Waals surface area contributed by atoms with Crippen LogP contribution in [-0.2, 0) is 33.8 Å². The van der Waals surface area contributed by atoms with E-state index in [9.17, 15) is 34.8 Å². The number of rotatable bonds is 9. The lowest BCUT2D eigenvalue weighted by Crippen LogP contribution is -2.65. The molecule has 3 aromatic carbocycles. The standard InChI is InChI=1S/C37H38ClN3O8/c1-41(2)31-25-16-20-15-24-22(23-14-19(6-11-27(23)49-3)17-40-13-12-18-4-7-21(38)8-5-18)9-10-26(42)29(24)32(43)28(20)34(45)37(25,48)35(46)30(33(31)44)36(39)47/h4-11,14,20,25,31,40,42-43,46,48H,12-13,15-17H2,1-3H3,(H2,39,47)/t20-,25-,31-,37-/m0/s1. The number of likely N-dealkylation sites (N-methyl/N-ethyl adjacent to an activating group) is 1. The molecule has 0 radical (unpaired) electrons. The number of nitrogens with one attached hydrogen (secondary N) is 1. The number of halogens is 1. The van der Waals surface area contributed by atoms with Crippen LogP contribution in [0.3, 0.4) is 0 Å². The third kappa shape index (κ3) is 5.66. The van der Waals surface area contributed by atoms with Crippen LogP contribution in [0, 0.1) is 11.8 Å². The van der Waals surface area contributed by atoms with E-state index in [-0.39, 0.29) is 29.7 Å². The maximum absolute atomic E-state index is 14.2. The second-order valence-electron chi connectivity index (χ2n) is 13.0. The first-order valence-electron chi connectivity index (χ1n) is 15.9. The first-order valence-corrected chi connectivity index (χ1v) is 16.3. The van der Waals surface area contributed by atoms with Crippen molar-refractivity contribution in [1.29, 1.82) is 0 Å². The average Bonchev–Trinajstić information content (AvgIpc) is 3.05. The SMILES string of the molecule is COc1ccc(CNCCc2ccc(Cl)cc2)cc1-c1ccc(O)c2c1C[C@H]1C[C@H]3[C@H](N(C)C)C(=O)C(C(N)=O)=C(O)[C@@]3(O)C(=O)C1=C2O. The molecule has 0 bridgehead atoms. The number of primary amides is 1. The van der Waals surface area contributed by atoms with Crippen LogP contribution in [0.2, 0.25) is 5.02 Å². The number of aliphatic hydroxyl groups excluding tert-OH is 2. The van der Waals surface area contributed by atoms with Crippen molar-refractivity contribution in [1.82, 2.24) is 10.2 Å². The summed E-state index contributed by atoms with van der Waals surface area (Å²) in [4.78, 5) is 41.3. The highest BCUT2D eigenvalue weighted by atomic mass is 35.5. The van der Waals surface area contributed by atoms with E-state index in [1.165, 1.54) is 11.0 Å². The Morgan fingerprint density at radius 2 is 1.73 bits per heavy atom. The summed E-state index contributed by atoms with van der Waals surface area (Å²) in [5.41, 5.74) is 5.72. The Hall–Kier alpha value is -4.68. The molecule has 0 aliphatic heterocycles. The third-order valence-corrected chi connectivity index (χ3v) is 10.2. The van der Waals surface area contributed by atoms with E-state index in [0.29, 0.717) is 34.0 Å². The molecule has 7 N–H and O–H groups in total. The molecule has 4 atom stereocenters. The molecule has 49 heavy (non-hydrogen) atoms. The highest BCUT2D eigenvalue weighted by Crippen LogP contribution is 2.54. The van der Waals surface area contributed by atoms with Crippen molar-refractivity contribution in [2.45, 2.75) is 37.5 Å². The third-order valence-electron chi connectivity index (χ3n) is 9.99. The molecule has 3 aliphatic rings. The molecule has 6 rings (SSSR count). The van der Waals surface area contributed by atoms with E-state index >= 15 is 0 Å². The van der Waals surface area contributed by atoms with Gasteiger partial charge >= 0.3 is 0 Å². The number of phenols is 1. The minimum Gasteiger partial charge on any atom is -0.508 e. The first kappa shape index (κ1) is 34.2. The number of hydrogen-bond donors (Lipinski definition) is 6. The topological polar surface area (TPSA) is 183 Å². The van der Waals surface area contributed by atoms with Gasteiger partial charge in [-0.2, -0.15) is 0 Å². The second kappa shape index (κ2) is 13.0. The van der Waals surface area contributed by atoms with Gasteiger partial charge in [0.1, 0.15) is 28.6 Å². The molecule has 12 heteroatoms. The van der Waals surface area contributed by atoms with Crippen molar-refractivity contribution < 1.29 is 39.5 Å². The number of methoxy groups -OCH3 is 1. The maximum atomic E-state index is 14.2. The lowest BCUT2D eigenvalue weighted by Gasteiger charge is -2.50. The number of amides is 1. The predicted molar refractivity (Wildman–Crippen MR) is 183 cm³/mol. The van der Waals surface area contributed by atoms with Gasteiger partial charge in [0.25, 0.3) is 5.91 Å². The van der Waals surface area contributed by atoms with Crippen LogP contribution in [0.1, 0.15) is 28.7 Å². The van der Waals surface area contributed by atoms with Gasteiger partial charge in [-0.25, -0.2) is 0 Å². The summed E-state index contributed by atoms with van der Waals surface area (Å²) in [6.07, 6.45) is 0.966. The number of phenolic OH excluding ortho intramolecular Hbond substituents is 1. The van der Waals surface area contributed by atoms with Crippen LogP contribution in [0.25, 0.3) is 16.9 Å². The Morgan fingerprint density at radius 1 is 1.04 bits per heavy atom. The molecule has 1 saturated carbocycles. The molecule has 0 aromatic heterocycles. The van der Waals surface area contributed by atoms with Crippen LogP contribution in [0.15, 0.2) is 71.5 Å². The Kier molecular flexibility index (Phi) is 9.06. The second-order valence-corrected chi connectivity index (χ2v) is 13.5. The number of ether oxygens (including phenoxy) is 1. The van der Waals surface area contributed by atoms with Crippen LogP contribution >= 0.6 is 11.6 Å². The number of aliphatic hydroxyl groups is 3. The van der Waals surface area contributed by atoms with E-state index in [2.05, 4.69) is 5.32 Å². The predicted octanol–water partition coefficient (Wildman–Crippen LogP) is 3.63. The van der Waals surface area contributed by atoms with Crippen molar-refractivity contribution in [2.75, 3.05) is 27.7 Å². The van der Waals surface area contributed by atoms with E-state index in [1.807, 2.05) is 42.5 Å². The minimum atomic E-state index is -2.70. The summed E-state index contributed by atoms with van der Waals surface area (Å²) in [5, 5.41) is 49.8. The normalized spacial score (nSPS) is 23.3. The van der Waals surface area contributed by atoms with E-state index in [0.717, 1.165) is 24.1 Å². The van der Waals surface area contributed by atoms with Gasteiger partial charge in [-0.3, -0.25) is 19.3 Å². The van der Waals surface area contributed by atoms with Gasteiger partial charge in [-0.05, 0) is 98.4 Å². The molecule has 1 fully saturated rings. The van der Waals surface area contributed by atoms with Gasteiger partial charge in [0.05, 0.1) is 18.7 Å². The lowest BCUT2D eigenvalue weighted by molar-refractivity contribution is -0.153. The lowest BCUT2D eigenvalue weighted by atomic mass is 9.57. The Balaban J connectivity index is 1.39. The summed E-state index contributed by atoms with van der Waals surface area (Å²) < 4.78 is 5.73. The molecule has 0 spiro atoms. The highest BCUT2D eigenvalue weighted by molar-refractivity contribution is 6.30. The molecular weight excluding hydrogens is 650 g/mol. The number of ketones is 2. The van der Waals surface area contributed by atoms with Gasteiger partial charge in [0.2, 0.25) is 5.78 Å². The van der Waals surface area contributed by atoms with Crippen molar-refractivity contribution in [3.63, 3.8) is 0 Å². The van der Waals surface area contributed by atoms with Crippen molar-refractivity contribution in [2.24, 2.45) is 17.6 Å². The fraction of sp³-hybridized carbons (Fsp3) is 0.324. The summed E-state index contributed by atoms with van der Waals surface area (Å²) in [6, 6.07) is 15.4. The van der Waals surface area contributed by atoms with Gasteiger partial charge in [0, 0.05) is 28.6 Å². The zero-order valence-corrected chi connectivity index (χ0v) is 28.0. The molecule has 256 valence electrons. The smallest absolute Gasteiger partial charge is 0.255 e. The number of Topliss-reactive ketones (excluding diaryl/α,β-unsaturated/α-hetero) is 2. The van der Waals surface area contributed by atoms with Gasteiger partial charge < -0.3 is 36.2 Å². The molecule has 0 heterocycles. The summed E-state index contributed by atoms with van der Waals surface area (Å²) >= 11 is 6.00. The maximum Gasteiger partial charge on any atom is 0.255 e. The first-order chi connectivity index (χ1) is 23.3. The molecule has 3 aromatic rings. The fourth-order valence-electron chi connectivity index (χ4n) is 7.69. The molecular formula is C37H38ClN3O8. The average molecular weight is 688 g/mol. The molecule has 0 saturated heterocycles. The molecule has 3 aliphatic carbocycles. The van der Waals surface area contributed by atoms with Crippen LogP contribution < -0.4 is 15.8 Å². The summed E-state index contributed by atoms with van der Waals surface area (Å²) in [6.45, 7) is 1.28. The summed E-state index contributed by atoms with van der Waals surface area (Å²) in [7, 11) is 4.68. The molecule has 0 unspecified atom stereocenters. The quantitative estimate of drug-likeness (QED) is 0.144. The summed E-state index contributed by atoms with van der Waals surface area (Å²) in [5.74, 6) is -6.39. The molecule has 1 amide bonds.